The third-order valence-corrected chi connectivity index (χ3v) is 7.73. The Morgan fingerprint density at radius 2 is 1.54 bits per heavy atom. The number of nitrogens with one attached hydrogen (secondary N) is 1. The van der Waals surface area contributed by atoms with Crippen LogP contribution in [0.1, 0.15) is 100.0 Å². The molecule has 39 heavy (non-hydrogen) atoms. The van der Waals surface area contributed by atoms with Crippen LogP contribution in [-0.4, -0.2) is 12.5 Å². The van der Waals surface area contributed by atoms with E-state index in [0.717, 1.165) is 35.5 Å². The molecule has 0 spiro atoms. The number of benzene rings is 2. The summed E-state index contributed by atoms with van der Waals surface area (Å²) in [5.74, 6) is 0.797. The van der Waals surface area contributed by atoms with Crippen LogP contribution in [-0.2, 0) is 17.8 Å². The van der Waals surface area contributed by atoms with E-state index in [1.165, 1.54) is 75.5 Å². The maximum atomic E-state index is 12.8. The number of anilines is 1. The van der Waals surface area contributed by atoms with Gasteiger partial charge in [0.2, 0.25) is 11.4 Å². The van der Waals surface area contributed by atoms with E-state index in [1.807, 2.05) is 42.5 Å². The maximum Gasteiger partial charge on any atom is 0.228 e. The van der Waals surface area contributed by atoms with Crippen molar-refractivity contribution in [2.45, 2.75) is 104 Å². The monoisotopic (exact) mass is 614 g/mol. The molecule has 1 heterocycles. The average molecular weight is 616 g/mol. The number of carbonyl (C=O) groups excluding carboxylic acids is 1. The van der Waals surface area contributed by atoms with Gasteiger partial charge in [0, 0.05) is 16.8 Å². The minimum atomic E-state index is -0.0254. The lowest BCUT2D eigenvalue weighted by Gasteiger charge is -2.12. The largest absolute Gasteiger partial charge is 1.00 e. The molecular formula is C33H47BrN2O2S. The summed E-state index contributed by atoms with van der Waals surface area (Å²) in [6.07, 6.45) is 18.4. The molecule has 0 bridgehead atoms. The molecule has 1 N–H and O–H groups in total. The molecule has 214 valence electrons. The van der Waals surface area contributed by atoms with E-state index in [-0.39, 0.29) is 22.9 Å². The van der Waals surface area contributed by atoms with E-state index < -0.39 is 0 Å². The fraction of sp³-hybridized carbons (Fsp3) is 0.515. The lowest BCUT2D eigenvalue weighted by atomic mass is 10.1. The highest BCUT2D eigenvalue weighted by Gasteiger charge is 2.11. The highest BCUT2D eigenvalue weighted by molar-refractivity contribution is 7.09. The van der Waals surface area contributed by atoms with E-state index in [1.54, 1.807) is 11.3 Å². The van der Waals surface area contributed by atoms with Crippen LogP contribution in [0, 0.1) is 6.92 Å². The van der Waals surface area contributed by atoms with Gasteiger partial charge in [0.25, 0.3) is 0 Å². The molecule has 0 atom stereocenters. The van der Waals surface area contributed by atoms with Crippen molar-refractivity contribution in [2.75, 3.05) is 11.9 Å². The van der Waals surface area contributed by atoms with E-state index in [4.69, 9.17) is 4.74 Å². The number of aryl methyl sites for hydroxylation is 1. The van der Waals surface area contributed by atoms with E-state index in [9.17, 15) is 4.79 Å². The van der Waals surface area contributed by atoms with E-state index >= 15 is 0 Å². The van der Waals surface area contributed by atoms with Crippen molar-refractivity contribution >= 4 is 22.9 Å². The van der Waals surface area contributed by atoms with Gasteiger partial charge >= 0.3 is 0 Å². The van der Waals surface area contributed by atoms with E-state index in [0.29, 0.717) is 13.0 Å². The van der Waals surface area contributed by atoms with Crippen molar-refractivity contribution < 1.29 is 31.1 Å². The molecule has 6 heteroatoms. The normalized spacial score (nSPS) is 10.7. The van der Waals surface area contributed by atoms with Crippen LogP contribution >= 0.6 is 11.3 Å². The number of aromatic nitrogens is 1. The number of thiazole rings is 1. The minimum Gasteiger partial charge on any atom is -1.00 e. The first-order chi connectivity index (χ1) is 18.6. The SMILES string of the molecule is CCCCCCCCCCCCCCOc1ccccc1CC(=O)Nc1cccc(C[n+]2csc(C)c2)c1.[Br-]. The van der Waals surface area contributed by atoms with Gasteiger partial charge < -0.3 is 27.0 Å². The summed E-state index contributed by atoms with van der Waals surface area (Å²) in [5.41, 5.74) is 5.05. The van der Waals surface area contributed by atoms with Gasteiger partial charge in [-0.2, -0.15) is 4.57 Å². The third kappa shape index (κ3) is 13.6. The van der Waals surface area contributed by atoms with Gasteiger partial charge in [0.05, 0.1) is 17.9 Å². The molecule has 0 aliphatic rings. The van der Waals surface area contributed by atoms with Crippen LogP contribution in [0.3, 0.4) is 0 Å². The summed E-state index contributed by atoms with van der Waals surface area (Å²) in [6.45, 7) is 5.89. The quantitative estimate of drug-likeness (QED) is 0.140. The number of unbranched alkanes of at least 4 members (excludes halogenated alkanes) is 11. The van der Waals surface area contributed by atoms with E-state index in [2.05, 4.69) is 41.5 Å². The van der Waals surface area contributed by atoms with Crippen molar-refractivity contribution in [2.24, 2.45) is 0 Å². The molecule has 0 radical (unpaired) electrons. The molecule has 0 unspecified atom stereocenters. The van der Waals surface area contributed by atoms with Gasteiger partial charge in [-0.3, -0.25) is 4.79 Å². The third-order valence-electron chi connectivity index (χ3n) is 6.88. The summed E-state index contributed by atoms with van der Waals surface area (Å²) >= 11 is 1.74. The predicted molar refractivity (Wildman–Crippen MR) is 160 cm³/mol. The number of hydrogen-bond donors (Lipinski definition) is 1. The number of carbonyl (C=O) groups is 1. The Balaban J connectivity index is 0.00000533. The second kappa shape index (κ2) is 19.8. The second-order valence-corrected chi connectivity index (χ2v) is 11.5. The first kappa shape index (κ1) is 33.0. The molecule has 0 aliphatic heterocycles. The second-order valence-electron chi connectivity index (χ2n) is 10.4. The number of rotatable bonds is 19. The summed E-state index contributed by atoms with van der Waals surface area (Å²) in [7, 11) is 0. The predicted octanol–water partition coefficient (Wildman–Crippen LogP) is 5.66. The first-order valence-electron chi connectivity index (χ1n) is 14.7. The van der Waals surface area contributed by atoms with Crippen molar-refractivity contribution in [3.05, 3.63) is 76.2 Å². The number of hydrogen-bond acceptors (Lipinski definition) is 3. The molecule has 1 aromatic heterocycles. The molecule has 2 aromatic carbocycles. The zero-order valence-corrected chi connectivity index (χ0v) is 26.3. The molecular weight excluding hydrogens is 568 g/mol. The Morgan fingerprint density at radius 1 is 0.872 bits per heavy atom. The fourth-order valence-corrected chi connectivity index (χ4v) is 5.41. The van der Waals surface area contributed by atoms with Gasteiger partial charge in [-0.25, -0.2) is 0 Å². The van der Waals surface area contributed by atoms with Crippen LogP contribution < -0.4 is 31.6 Å². The molecule has 0 aliphatic carbocycles. The standard InChI is InChI=1S/C33H46N2O2S.BrH/c1-3-4-5-6-7-8-9-10-11-12-13-16-22-37-32-21-15-14-19-30(32)24-33(36)34-31-20-17-18-29(23-31)26-35-25-28(2)38-27-35;/h14-15,17-21,23,25,27H,3-13,16,22,24,26H2,1-2H3;1H. The number of nitrogens with zero attached hydrogens (tertiary/aromatic N) is 1. The van der Waals surface area contributed by atoms with Crippen LogP contribution in [0.5, 0.6) is 5.75 Å². The Labute approximate surface area is 251 Å². The minimum absolute atomic E-state index is 0. The van der Waals surface area contributed by atoms with Crippen LogP contribution in [0.2, 0.25) is 0 Å². The Bertz CT molecular complexity index is 1080. The van der Waals surface area contributed by atoms with Crippen LogP contribution in [0.4, 0.5) is 5.69 Å². The summed E-state index contributed by atoms with van der Waals surface area (Å²) in [6, 6.07) is 16.0. The lowest BCUT2D eigenvalue weighted by Crippen LogP contribution is -3.00. The van der Waals surface area contributed by atoms with Gasteiger partial charge in [0.1, 0.15) is 5.75 Å². The highest BCUT2D eigenvalue weighted by Crippen LogP contribution is 2.20. The molecule has 1 amide bonds. The summed E-state index contributed by atoms with van der Waals surface area (Å²) in [5, 5.41) is 3.07. The first-order valence-corrected chi connectivity index (χ1v) is 15.6. The van der Waals surface area contributed by atoms with Crippen molar-refractivity contribution in [3.63, 3.8) is 0 Å². The van der Waals surface area contributed by atoms with Gasteiger partial charge in [-0.1, -0.05) is 119 Å². The number of para-hydroxylation sites is 1. The molecule has 0 saturated heterocycles. The van der Waals surface area contributed by atoms with Crippen molar-refractivity contribution in [3.8, 4) is 5.75 Å². The number of ether oxygens (including phenoxy) is 1. The fourth-order valence-electron chi connectivity index (χ4n) is 4.78. The average Bonchev–Trinajstić information content (AvgIpc) is 3.32. The zero-order chi connectivity index (χ0) is 26.8. The maximum absolute atomic E-state index is 12.8. The Hall–Kier alpha value is -2.18. The Morgan fingerprint density at radius 3 is 2.21 bits per heavy atom. The van der Waals surface area contributed by atoms with Crippen LogP contribution in [0.25, 0.3) is 0 Å². The molecule has 0 saturated carbocycles. The van der Waals surface area contributed by atoms with Gasteiger partial charge in [-0.15, -0.1) is 0 Å². The topological polar surface area (TPSA) is 42.2 Å². The van der Waals surface area contributed by atoms with Crippen molar-refractivity contribution in [1.82, 2.24) is 0 Å². The van der Waals surface area contributed by atoms with Crippen molar-refractivity contribution in [1.29, 1.82) is 0 Å². The molecule has 0 fully saturated rings. The summed E-state index contributed by atoms with van der Waals surface area (Å²) < 4.78 is 8.26. The van der Waals surface area contributed by atoms with Gasteiger partial charge in [0.15, 0.2) is 12.7 Å². The van der Waals surface area contributed by atoms with Crippen LogP contribution in [0.15, 0.2) is 60.2 Å². The molecule has 3 rings (SSSR count). The summed E-state index contributed by atoms with van der Waals surface area (Å²) in [4.78, 5) is 14.1. The molecule has 4 nitrogen and oxygen atoms in total. The number of amides is 1. The smallest absolute Gasteiger partial charge is 0.228 e. The highest BCUT2D eigenvalue weighted by atomic mass is 79.9. The zero-order valence-electron chi connectivity index (χ0n) is 23.9. The number of halogens is 1. The molecule has 3 aromatic rings. The lowest BCUT2D eigenvalue weighted by molar-refractivity contribution is -0.683. The van der Waals surface area contributed by atoms with Gasteiger partial charge in [-0.05, 0) is 31.5 Å². The Kier molecular flexibility index (Phi) is 16.8.